The maximum Gasteiger partial charge on any atom is 0.404 e. The number of nitrogens with zero attached hydrogens (tertiary/aromatic N) is 1. The van der Waals surface area contributed by atoms with E-state index in [2.05, 4.69) is 15.6 Å². The molecule has 0 bridgehead atoms. The van der Waals surface area contributed by atoms with Crippen LogP contribution in [0, 0.1) is 0 Å². The van der Waals surface area contributed by atoms with Crippen molar-refractivity contribution in [3.8, 4) is 10.6 Å². The van der Waals surface area contributed by atoms with Crippen LogP contribution in [0.3, 0.4) is 0 Å². The van der Waals surface area contributed by atoms with Crippen molar-refractivity contribution in [2.45, 2.75) is 32.1 Å². The van der Waals surface area contributed by atoms with Crippen LogP contribution in [-0.2, 0) is 17.8 Å². The molecule has 4 rings (SSSR count). The summed E-state index contributed by atoms with van der Waals surface area (Å²) in [5.41, 5.74) is 2.04. The van der Waals surface area contributed by atoms with Gasteiger partial charge in [0.2, 0.25) is 5.91 Å². The molecule has 1 aliphatic rings. The Labute approximate surface area is 155 Å². The average molecular weight is 397 g/mol. The zero-order valence-electron chi connectivity index (χ0n) is 13.6. The van der Waals surface area contributed by atoms with Gasteiger partial charge >= 0.3 is 6.18 Å². The van der Waals surface area contributed by atoms with E-state index < -0.39 is 12.2 Å². The highest BCUT2D eigenvalue weighted by Crippen LogP contribution is 2.46. The van der Waals surface area contributed by atoms with Crippen molar-refractivity contribution in [1.29, 1.82) is 0 Å². The molecular weight excluding hydrogens is 383 g/mol. The normalized spacial score (nSPS) is 17.3. The van der Waals surface area contributed by atoms with Gasteiger partial charge in [-0.2, -0.15) is 13.2 Å². The molecule has 3 aromatic rings. The quantitative estimate of drug-likeness (QED) is 0.667. The number of nitrogens with one attached hydrogen (secondary N) is 2. The zero-order chi connectivity index (χ0) is 18.5. The van der Waals surface area contributed by atoms with Gasteiger partial charge in [-0.05, 0) is 24.1 Å². The van der Waals surface area contributed by atoms with Gasteiger partial charge in [-0.1, -0.05) is 12.1 Å². The molecule has 1 aliphatic heterocycles. The number of hydrogen-bond acceptors (Lipinski definition) is 5. The Bertz CT molecular complexity index is 960. The molecule has 26 heavy (non-hydrogen) atoms. The highest BCUT2D eigenvalue weighted by atomic mass is 32.1. The number of rotatable bonds is 2. The number of thiazole rings is 1. The number of fused-ring (bicyclic) bond motifs is 2. The van der Waals surface area contributed by atoms with E-state index >= 15 is 0 Å². The maximum absolute atomic E-state index is 13.2. The van der Waals surface area contributed by atoms with Crippen LogP contribution in [0.25, 0.3) is 20.8 Å². The molecule has 0 fully saturated rings. The lowest BCUT2D eigenvalue weighted by Crippen LogP contribution is -2.46. The Balaban J connectivity index is 1.86. The molecule has 0 radical (unpaired) electrons. The standard InChI is InChI=1S/C17H14F3N3OS2/c1-8(24)22-15-14(16-23-10-4-2-3-5-11(10)25-16)9-6-13(17(18,19)20)21-7-12(9)26-15/h2-5,13,21H,6-7H2,1H3,(H,22,24). The van der Waals surface area contributed by atoms with Crippen molar-refractivity contribution in [3.63, 3.8) is 0 Å². The summed E-state index contributed by atoms with van der Waals surface area (Å²) in [5, 5.41) is 6.50. The predicted molar refractivity (Wildman–Crippen MR) is 97.6 cm³/mol. The maximum atomic E-state index is 13.2. The second kappa shape index (κ2) is 6.33. The summed E-state index contributed by atoms with van der Waals surface area (Å²) >= 11 is 2.73. The number of thiophene rings is 1. The van der Waals surface area contributed by atoms with Crippen molar-refractivity contribution in [3.05, 3.63) is 34.7 Å². The lowest BCUT2D eigenvalue weighted by molar-refractivity contribution is -0.157. The molecule has 0 spiro atoms. The van der Waals surface area contributed by atoms with Gasteiger partial charge in [-0.25, -0.2) is 4.98 Å². The van der Waals surface area contributed by atoms with E-state index in [4.69, 9.17) is 0 Å². The van der Waals surface area contributed by atoms with Gasteiger partial charge in [-0.3, -0.25) is 4.79 Å². The van der Waals surface area contributed by atoms with Crippen molar-refractivity contribution in [2.24, 2.45) is 0 Å². The average Bonchev–Trinajstić information content (AvgIpc) is 3.12. The first-order valence-corrected chi connectivity index (χ1v) is 9.54. The number of halogens is 3. The van der Waals surface area contributed by atoms with Gasteiger partial charge in [-0.15, -0.1) is 22.7 Å². The number of hydrogen-bond donors (Lipinski definition) is 2. The smallest absolute Gasteiger partial charge is 0.317 e. The van der Waals surface area contributed by atoms with Crippen molar-refractivity contribution >= 4 is 43.8 Å². The van der Waals surface area contributed by atoms with Crippen LogP contribution in [0.4, 0.5) is 18.2 Å². The number of carbonyl (C=O) groups is 1. The summed E-state index contributed by atoms with van der Waals surface area (Å²) in [4.78, 5) is 17.0. The van der Waals surface area contributed by atoms with E-state index in [0.717, 1.165) is 15.1 Å². The molecule has 3 heterocycles. The summed E-state index contributed by atoms with van der Waals surface area (Å²) in [6.45, 7) is 1.51. The third kappa shape index (κ3) is 3.10. The number of alkyl halides is 3. The molecule has 1 atom stereocenters. The van der Waals surface area contributed by atoms with Gasteiger partial charge in [0.05, 0.1) is 10.2 Å². The Hall–Kier alpha value is -1.97. The van der Waals surface area contributed by atoms with Gasteiger partial charge in [0.15, 0.2) is 0 Å². The first kappa shape index (κ1) is 17.4. The second-order valence-electron chi connectivity index (χ2n) is 6.06. The third-order valence-electron chi connectivity index (χ3n) is 4.20. The highest BCUT2D eigenvalue weighted by Gasteiger charge is 2.43. The summed E-state index contributed by atoms with van der Waals surface area (Å²) < 4.78 is 40.6. The minimum Gasteiger partial charge on any atom is -0.317 e. The van der Waals surface area contributed by atoms with Crippen LogP contribution in [0.5, 0.6) is 0 Å². The van der Waals surface area contributed by atoms with E-state index in [1.807, 2.05) is 24.3 Å². The lowest BCUT2D eigenvalue weighted by Gasteiger charge is -2.26. The molecule has 4 nitrogen and oxygen atoms in total. The summed E-state index contributed by atoms with van der Waals surface area (Å²) in [6, 6.07) is 5.96. The SMILES string of the molecule is CC(=O)Nc1sc2c(c1-c1nc3ccccc3s1)CC(C(F)(F)F)NC2. The molecule has 1 unspecified atom stereocenters. The number of para-hydroxylation sites is 1. The van der Waals surface area contributed by atoms with E-state index in [9.17, 15) is 18.0 Å². The Morgan fingerprint density at radius 3 is 2.77 bits per heavy atom. The molecule has 0 saturated heterocycles. The van der Waals surface area contributed by atoms with Gasteiger partial charge < -0.3 is 10.6 Å². The van der Waals surface area contributed by atoms with Crippen LogP contribution in [0.2, 0.25) is 0 Å². The number of amides is 1. The number of anilines is 1. The molecule has 2 N–H and O–H groups in total. The Morgan fingerprint density at radius 1 is 1.31 bits per heavy atom. The summed E-state index contributed by atoms with van der Waals surface area (Å²) in [5.74, 6) is -0.258. The predicted octanol–water partition coefficient (Wildman–Crippen LogP) is 4.56. The lowest BCUT2D eigenvalue weighted by atomic mass is 9.98. The first-order chi connectivity index (χ1) is 12.3. The largest absolute Gasteiger partial charge is 0.404 e. The minimum atomic E-state index is -4.32. The monoisotopic (exact) mass is 397 g/mol. The van der Waals surface area contributed by atoms with Gasteiger partial charge in [0, 0.05) is 23.9 Å². The molecule has 0 saturated carbocycles. The third-order valence-corrected chi connectivity index (χ3v) is 6.40. The fourth-order valence-corrected chi connectivity index (χ4v) is 5.38. The molecule has 1 amide bonds. The zero-order valence-corrected chi connectivity index (χ0v) is 15.2. The van der Waals surface area contributed by atoms with E-state index in [0.29, 0.717) is 21.1 Å². The summed E-state index contributed by atoms with van der Waals surface area (Å²) in [6.07, 6.45) is -4.49. The summed E-state index contributed by atoms with van der Waals surface area (Å²) in [7, 11) is 0. The van der Waals surface area contributed by atoms with Gasteiger partial charge in [0.25, 0.3) is 0 Å². The van der Waals surface area contributed by atoms with E-state index in [1.165, 1.54) is 29.6 Å². The van der Waals surface area contributed by atoms with E-state index in [1.54, 1.807) is 0 Å². The molecule has 9 heteroatoms. The molecule has 1 aromatic carbocycles. The van der Waals surface area contributed by atoms with Crippen molar-refractivity contribution in [2.75, 3.05) is 5.32 Å². The van der Waals surface area contributed by atoms with Crippen LogP contribution >= 0.6 is 22.7 Å². The number of carbonyl (C=O) groups excluding carboxylic acids is 1. The second-order valence-corrected chi connectivity index (χ2v) is 8.19. The topological polar surface area (TPSA) is 54.0 Å². The molecule has 2 aromatic heterocycles. The molecular formula is C17H14F3N3OS2. The van der Waals surface area contributed by atoms with Crippen LogP contribution in [0.15, 0.2) is 24.3 Å². The minimum absolute atomic E-state index is 0.127. The molecule has 136 valence electrons. The fourth-order valence-electron chi connectivity index (χ4n) is 3.05. The Morgan fingerprint density at radius 2 is 2.08 bits per heavy atom. The Kier molecular flexibility index (Phi) is 4.25. The fraction of sp³-hybridized carbons (Fsp3) is 0.294. The van der Waals surface area contributed by atoms with Crippen molar-refractivity contribution in [1.82, 2.24) is 10.3 Å². The first-order valence-electron chi connectivity index (χ1n) is 7.91. The van der Waals surface area contributed by atoms with Crippen LogP contribution in [-0.4, -0.2) is 23.1 Å². The van der Waals surface area contributed by atoms with Crippen LogP contribution < -0.4 is 10.6 Å². The molecule has 0 aliphatic carbocycles. The number of aromatic nitrogens is 1. The van der Waals surface area contributed by atoms with E-state index in [-0.39, 0.29) is 18.9 Å². The van der Waals surface area contributed by atoms with Gasteiger partial charge in [0.1, 0.15) is 16.1 Å². The number of benzene rings is 1. The highest BCUT2D eigenvalue weighted by molar-refractivity contribution is 7.22. The van der Waals surface area contributed by atoms with Crippen LogP contribution in [0.1, 0.15) is 17.4 Å². The van der Waals surface area contributed by atoms with Crippen molar-refractivity contribution < 1.29 is 18.0 Å².